The standard InChI is InChI=1S/C24H16F3N3O/c25-24(26,27)20-10-4-9-18(12-20)16-30-23(31)22-13-21(28-14-19(22)15-29-30)11-5-8-17-6-2-1-3-7-17/h1-4,6-7,9-10,12-15H,8,16H2. The van der Waals surface area contributed by atoms with E-state index in [-0.39, 0.29) is 6.54 Å². The largest absolute Gasteiger partial charge is 0.416 e. The number of hydrogen-bond donors (Lipinski definition) is 0. The van der Waals surface area contributed by atoms with E-state index in [0.717, 1.165) is 22.4 Å². The van der Waals surface area contributed by atoms with Gasteiger partial charge in [0.1, 0.15) is 5.69 Å². The molecule has 2 aromatic heterocycles. The van der Waals surface area contributed by atoms with Crippen molar-refractivity contribution in [3.05, 3.63) is 106 Å². The number of alkyl halides is 3. The van der Waals surface area contributed by atoms with Crippen LogP contribution in [0, 0.1) is 11.8 Å². The molecule has 0 N–H and O–H groups in total. The molecule has 31 heavy (non-hydrogen) atoms. The number of pyridine rings is 1. The summed E-state index contributed by atoms with van der Waals surface area (Å²) in [5.41, 5.74) is 0.670. The Morgan fingerprint density at radius 3 is 2.48 bits per heavy atom. The average molecular weight is 419 g/mol. The van der Waals surface area contributed by atoms with E-state index in [4.69, 9.17) is 0 Å². The van der Waals surface area contributed by atoms with E-state index in [1.165, 1.54) is 24.5 Å². The van der Waals surface area contributed by atoms with Crippen LogP contribution in [0.1, 0.15) is 22.4 Å². The van der Waals surface area contributed by atoms with Crippen molar-refractivity contribution in [2.45, 2.75) is 19.1 Å². The van der Waals surface area contributed by atoms with E-state index in [0.29, 0.717) is 28.5 Å². The molecular formula is C24H16F3N3O. The zero-order valence-electron chi connectivity index (χ0n) is 16.2. The summed E-state index contributed by atoms with van der Waals surface area (Å²) >= 11 is 0. The molecule has 0 aliphatic rings. The fraction of sp³-hybridized carbons (Fsp3) is 0.125. The van der Waals surface area contributed by atoms with Gasteiger partial charge in [-0.25, -0.2) is 9.67 Å². The van der Waals surface area contributed by atoms with Gasteiger partial charge in [-0.2, -0.15) is 18.3 Å². The average Bonchev–Trinajstić information content (AvgIpc) is 2.76. The Kier molecular flexibility index (Phi) is 5.54. The van der Waals surface area contributed by atoms with Crippen LogP contribution >= 0.6 is 0 Å². The summed E-state index contributed by atoms with van der Waals surface area (Å²) in [6, 6.07) is 16.2. The molecule has 0 bridgehead atoms. The number of nitrogens with zero attached hydrogens (tertiary/aromatic N) is 3. The van der Waals surface area contributed by atoms with Gasteiger partial charge in [-0.05, 0) is 35.2 Å². The predicted octanol–water partition coefficient (Wildman–Crippen LogP) is 4.45. The van der Waals surface area contributed by atoms with Crippen LogP contribution in [0.25, 0.3) is 10.8 Å². The SMILES string of the molecule is O=c1c2cc(C#CCc3ccccc3)ncc2cnn1Cc1cccc(C(F)(F)F)c1. The minimum absolute atomic E-state index is 0.0734. The number of rotatable bonds is 3. The summed E-state index contributed by atoms with van der Waals surface area (Å²) in [7, 11) is 0. The lowest BCUT2D eigenvalue weighted by atomic mass is 10.1. The van der Waals surface area contributed by atoms with Crippen LogP contribution in [-0.4, -0.2) is 14.8 Å². The molecule has 7 heteroatoms. The number of fused-ring (bicyclic) bond motifs is 1. The highest BCUT2D eigenvalue weighted by molar-refractivity contribution is 5.80. The van der Waals surface area contributed by atoms with Crippen LogP contribution in [0.2, 0.25) is 0 Å². The summed E-state index contributed by atoms with van der Waals surface area (Å²) in [6.07, 6.45) is -0.906. The number of hydrogen-bond acceptors (Lipinski definition) is 3. The third-order valence-corrected chi connectivity index (χ3v) is 4.67. The molecule has 2 heterocycles. The Hall–Kier alpha value is -3.92. The zero-order valence-corrected chi connectivity index (χ0v) is 16.2. The number of halogens is 3. The Morgan fingerprint density at radius 1 is 0.935 bits per heavy atom. The lowest BCUT2D eigenvalue weighted by Gasteiger charge is -2.10. The third kappa shape index (κ3) is 4.81. The van der Waals surface area contributed by atoms with Crippen LogP contribution in [-0.2, 0) is 19.1 Å². The Balaban J connectivity index is 1.62. The first-order valence-electron chi connectivity index (χ1n) is 9.45. The minimum Gasteiger partial charge on any atom is -0.267 e. The van der Waals surface area contributed by atoms with Gasteiger partial charge in [0.15, 0.2) is 0 Å². The van der Waals surface area contributed by atoms with Gasteiger partial charge in [0.05, 0.1) is 23.7 Å². The minimum atomic E-state index is -4.45. The second-order valence-corrected chi connectivity index (χ2v) is 6.93. The van der Waals surface area contributed by atoms with E-state index in [1.807, 2.05) is 30.3 Å². The van der Waals surface area contributed by atoms with Gasteiger partial charge >= 0.3 is 6.18 Å². The molecule has 0 aliphatic carbocycles. The summed E-state index contributed by atoms with van der Waals surface area (Å²) in [4.78, 5) is 17.1. The highest BCUT2D eigenvalue weighted by Gasteiger charge is 2.30. The van der Waals surface area contributed by atoms with E-state index in [1.54, 1.807) is 6.07 Å². The highest BCUT2D eigenvalue weighted by atomic mass is 19.4. The molecule has 2 aromatic carbocycles. The molecule has 0 atom stereocenters. The van der Waals surface area contributed by atoms with Crippen LogP contribution in [0.15, 0.2) is 77.9 Å². The van der Waals surface area contributed by atoms with Gasteiger partial charge < -0.3 is 0 Å². The molecule has 0 amide bonds. The normalized spacial score (nSPS) is 11.2. The van der Waals surface area contributed by atoms with Crippen LogP contribution in [0.4, 0.5) is 13.2 Å². The Morgan fingerprint density at radius 2 is 1.71 bits per heavy atom. The molecular weight excluding hydrogens is 403 g/mol. The molecule has 0 radical (unpaired) electrons. The molecule has 0 aliphatic heterocycles. The molecule has 154 valence electrons. The lowest BCUT2D eigenvalue weighted by Crippen LogP contribution is -2.23. The van der Waals surface area contributed by atoms with Crippen molar-refractivity contribution in [3.63, 3.8) is 0 Å². The van der Waals surface area contributed by atoms with E-state index >= 15 is 0 Å². The molecule has 4 aromatic rings. The zero-order chi connectivity index (χ0) is 21.8. The van der Waals surface area contributed by atoms with Crippen molar-refractivity contribution in [1.29, 1.82) is 0 Å². The van der Waals surface area contributed by atoms with Gasteiger partial charge in [0.2, 0.25) is 0 Å². The van der Waals surface area contributed by atoms with Crippen LogP contribution in [0.3, 0.4) is 0 Å². The second-order valence-electron chi connectivity index (χ2n) is 6.93. The van der Waals surface area contributed by atoms with Crippen LogP contribution < -0.4 is 5.56 Å². The lowest BCUT2D eigenvalue weighted by molar-refractivity contribution is -0.137. The van der Waals surface area contributed by atoms with Crippen molar-refractivity contribution in [2.75, 3.05) is 0 Å². The van der Waals surface area contributed by atoms with Gasteiger partial charge in [0, 0.05) is 18.0 Å². The maximum absolute atomic E-state index is 12.9. The first kappa shape index (κ1) is 20.4. The van der Waals surface area contributed by atoms with E-state index < -0.39 is 17.3 Å². The maximum atomic E-state index is 12.9. The fourth-order valence-corrected chi connectivity index (χ4v) is 3.11. The Labute approximate surface area is 176 Å². The smallest absolute Gasteiger partial charge is 0.267 e. The summed E-state index contributed by atoms with van der Waals surface area (Å²) in [5, 5.41) is 4.97. The molecule has 0 saturated heterocycles. The molecule has 0 unspecified atom stereocenters. The predicted molar refractivity (Wildman–Crippen MR) is 111 cm³/mol. The van der Waals surface area contributed by atoms with Crippen LogP contribution in [0.5, 0.6) is 0 Å². The number of aromatic nitrogens is 3. The molecule has 0 fully saturated rings. The molecule has 0 saturated carbocycles. The maximum Gasteiger partial charge on any atom is 0.416 e. The Bertz CT molecular complexity index is 1350. The van der Waals surface area contributed by atoms with Gasteiger partial charge in [-0.3, -0.25) is 4.79 Å². The van der Waals surface area contributed by atoms with Gasteiger partial charge in [0.25, 0.3) is 5.56 Å². The molecule has 0 spiro atoms. The van der Waals surface area contributed by atoms with E-state index in [2.05, 4.69) is 21.9 Å². The van der Waals surface area contributed by atoms with Crippen molar-refractivity contribution < 1.29 is 13.2 Å². The van der Waals surface area contributed by atoms with Crippen molar-refractivity contribution in [3.8, 4) is 11.8 Å². The van der Waals surface area contributed by atoms with Gasteiger partial charge in [-0.15, -0.1) is 0 Å². The molecule has 4 nitrogen and oxygen atoms in total. The van der Waals surface area contributed by atoms with Gasteiger partial charge in [-0.1, -0.05) is 48.4 Å². The topological polar surface area (TPSA) is 47.8 Å². The third-order valence-electron chi connectivity index (χ3n) is 4.67. The summed E-state index contributed by atoms with van der Waals surface area (Å²) in [5.74, 6) is 5.98. The first-order valence-corrected chi connectivity index (χ1v) is 9.45. The quantitative estimate of drug-likeness (QED) is 0.461. The monoisotopic (exact) mass is 419 g/mol. The highest BCUT2D eigenvalue weighted by Crippen LogP contribution is 2.29. The fourth-order valence-electron chi connectivity index (χ4n) is 3.11. The molecule has 4 rings (SSSR count). The first-order chi connectivity index (χ1) is 14.9. The van der Waals surface area contributed by atoms with Crippen molar-refractivity contribution in [1.82, 2.24) is 14.8 Å². The van der Waals surface area contributed by atoms with E-state index in [9.17, 15) is 18.0 Å². The van der Waals surface area contributed by atoms with Crippen molar-refractivity contribution in [2.24, 2.45) is 0 Å². The summed E-state index contributed by atoms with van der Waals surface area (Å²) in [6.45, 7) is -0.0734. The second kappa shape index (κ2) is 8.44. The number of benzene rings is 2. The summed E-state index contributed by atoms with van der Waals surface area (Å²) < 4.78 is 40.0. The van der Waals surface area contributed by atoms with Crippen molar-refractivity contribution >= 4 is 10.8 Å².